The maximum Gasteiger partial charge on any atom is 0.253 e. The van der Waals surface area contributed by atoms with Gasteiger partial charge in [0.1, 0.15) is 5.75 Å². The molecule has 1 saturated carbocycles. The van der Waals surface area contributed by atoms with Gasteiger partial charge >= 0.3 is 0 Å². The molecule has 1 amide bonds. The topological polar surface area (TPSA) is 64.3 Å². The zero-order valence-corrected chi connectivity index (χ0v) is 12.8. The number of carbonyl (C=O) groups excluding carboxylic acids is 1. The second-order valence-electron chi connectivity index (χ2n) is 5.06. The number of anilines is 1. The number of nitrogens with one attached hydrogen (secondary N) is 1. The summed E-state index contributed by atoms with van der Waals surface area (Å²) in [6, 6.07) is 5.52. The van der Waals surface area contributed by atoms with Crippen LogP contribution in [0.1, 0.15) is 36.0 Å². The van der Waals surface area contributed by atoms with Crippen molar-refractivity contribution in [2.45, 2.75) is 37.0 Å². The highest BCUT2D eigenvalue weighted by Gasteiger charge is 2.26. The largest absolute Gasteiger partial charge is 0.495 e. The number of benzene rings is 1. The summed E-state index contributed by atoms with van der Waals surface area (Å²) in [5, 5.41) is 3.63. The average molecular weight is 294 g/mol. The Kier molecular flexibility index (Phi) is 5.17. The lowest BCUT2D eigenvalue weighted by Gasteiger charge is -2.31. The number of methoxy groups -OCH3 is 1. The Morgan fingerprint density at radius 1 is 1.40 bits per heavy atom. The van der Waals surface area contributed by atoms with Gasteiger partial charge in [0.25, 0.3) is 5.91 Å². The van der Waals surface area contributed by atoms with Gasteiger partial charge in [-0.25, -0.2) is 0 Å². The predicted octanol–water partition coefficient (Wildman–Crippen LogP) is 2.68. The van der Waals surface area contributed by atoms with Crippen LogP contribution in [0, 0.1) is 0 Å². The molecule has 4 nitrogen and oxygen atoms in total. The van der Waals surface area contributed by atoms with Crippen molar-refractivity contribution in [3.8, 4) is 5.75 Å². The molecule has 0 bridgehead atoms. The molecule has 2 unspecified atom stereocenters. The molecule has 1 aliphatic rings. The summed E-state index contributed by atoms with van der Waals surface area (Å²) in [5.41, 5.74) is 6.88. The summed E-state index contributed by atoms with van der Waals surface area (Å²) in [4.78, 5) is 12.4. The molecule has 1 aromatic rings. The van der Waals surface area contributed by atoms with Crippen molar-refractivity contribution in [2.75, 3.05) is 19.1 Å². The van der Waals surface area contributed by atoms with Gasteiger partial charge < -0.3 is 15.8 Å². The van der Waals surface area contributed by atoms with Crippen LogP contribution in [0.5, 0.6) is 5.75 Å². The fourth-order valence-electron chi connectivity index (χ4n) is 2.71. The number of carbonyl (C=O) groups is 1. The molecule has 0 aromatic heterocycles. The number of nitrogens with two attached hydrogens (primary N) is 1. The van der Waals surface area contributed by atoms with Gasteiger partial charge in [0.05, 0.1) is 18.4 Å². The summed E-state index contributed by atoms with van der Waals surface area (Å²) in [5.74, 6) is 0.440. The van der Waals surface area contributed by atoms with Crippen LogP contribution >= 0.6 is 11.8 Å². The lowest BCUT2D eigenvalue weighted by molar-refractivity contribution is 0.0930. The van der Waals surface area contributed by atoms with Gasteiger partial charge in [0.15, 0.2) is 0 Å². The Hall–Kier alpha value is -1.36. The van der Waals surface area contributed by atoms with E-state index >= 15 is 0 Å². The molecular weight excluding hydrogens is 272 g/mol. The van der Waals surface area contributed by atoms with Crippen LogP contribution in [-0.2, 0) is 0 Å². The number of para-hydroxylation sites is 1. The highest BCUT2D eigenvalue weighted by molar-refractivity contribution is 7.99. The first-order chi connectivity index (χ1) is 9.67. The van der Waals surface area contributed by atoms with E-state index in [-0.39, 0.29) is 11.9 Å². The molecule has 1 fully saturated rings. The van der Waals surface area contributed by atoms with Gasteiger partial charge in [-0.05, 0) is 31.2 Å². The van der Waals surface area contributed by atoms with Crippen LogP contribution < -0.4 is 15.8 Å². The average Bonchev–Trinajstić information content (AvgIpc) is 2.48. The van der Waals surface area contributed by atoms with E-state index in [0.29, 0.717) is 22.3 Å². The third-order valence-corrected chi connectivity index (χ3v) is 5.02. The minimum absolute atomic E-state index is 0.104. The van der Waals surface area contributed by atoms with Gasteiger partial charge in [0, 0.05) is 11.3 Å². The van der Waals surface area contributed by atoms with E-state index in [9.17, 15) is 4.79 Å². The van der Waals surface area contributed by atoms with Gasteiger partial charge in [-0.2, -0.15) is 11.8 Å². The minimum Gasteiger partial charge on any atom is -0.495 e. The summed E-state index contributed by atoms with van der Waals surface area (Å²) < 4.78 is 5.16. The van der Waals surface area contributed by atoms with E-state index in [2.05, 4.69) is 11.6 Å². The molecule has 2 rings (SSSR count). The van der Waals surface area contributed by atoms with Gasteiger partial charge in [0.2, 0.25) is 0 Å². The Balaban J connectivity index is 2.11. The lowest BCUT2D eigenvalue weighted by atomic mass is 9.94. The third kappa shape index (κ3) is 3.20. The van der Waals surface area contributed by atoms with Crippen LogP contribution in [0.3, 0.4) is 0 Å². The number of hydrogen-bond donors (Lipinski definition) is 2. The second-order valence-corrected chi connectivity index (χ2v) is 6.14. The summed E-state index contributed by atoms with van der Waals surface area (Å²) >= 11 is 1.83. The van der Waals surface area contributed by atoms with Crippen molar-refractivity contribution in [3.63, 3.8) is 0 Å². The Labute approximate surface area is 124 Å². The van der Waals surface area contributed by atoms with Crippen molar-refractivity contribution >= 4 is 23.4 Å². The normalized spacial score (nSPS) is 22.3. The number of amides is 1. The van der Waals surface area contributed by atoms with Crippen molar-refractivity contribution in [3.05, 3.63) is 23.8 Å². The van der Waals surface area contributed by atoms with E-state index < -0.39 is 0 Å². The van der Waals surface area contributed by atoms with Crippen LogP contribution in [-0.4, -0.2) is 30.6 Å². The first-order valence-corrected chi connectivity index (χ1v) is 8.22. The van der Waals surface area contributed by atoms with Crippen LogP contribution in [0.4, 0.5) is 5.69 Å². The third-order valence-electron chi connectivity index (χ3n) is 3.85. The smallest absolute Gasteiger partial charge is 0.253 e. The van der Waals surface area contributed by atoms with Gasteiger partial charge in [-0.1, -0.05) is 18.9 Å². The SMILES string of the molecule is COc1cccc(C(=O)NC2CCCCC2SC)c1N. The number of ether oxygens (including phenoxy) is 1. The molecule has 0 saturated heterocycles. The quantitative estimate of drug-likeness (QED) is 0.838. The van der Waals surface area contributed by atoms with Crippen LogP contribution in [0.2, 0.25) is 0 Å². The molecule has 20 heavy (non-hydrogen) atoms. The molecule has 2 atom stereocenters. The van der Waals surface area contributed by atoms with Crippen molar-refractivity contribution < 1.29 is 9.53 Å². The molecule has 110 valence electrons. The molecule has 0 spiro atoms. The number of rotatable bonds is 4. The van der Waals surface area contributed by atoms with E-state index in [4.69, 9.17) is 10.5 Å². The molecular formula is C15H22N2O2S. The molecule has 0 aliphatic heterocycles. The summed E-state index contributed by atoms with van der Waals surface area (Å²) in [7, 11) is 1.55. The fourth-order valence-corrected chi connectivity index (χ4v) is 3.65. The van der Waals surface area contributed by atoms with E-state index in [0.717, 1.165) is 6.42 Å². The maximum absolute atomic E-state index is 12.4. The van der Waals surface area contributed by atoms with Crippen molar-refractivity contribution in [1.82, 2.24) is 5.32 Å². The fraction of sp³-hybridized carbons (Fsp3) is 0.533. The predicted molar refractivity (Wildman–Crippen MR) is 84.4 cm³/mol. The van der Waals surface area contributed by atoms with Gasteiger partial charge in [-0.15, -0.1) is 0 Å². The zero-order chi connectivity index (χ0) is 14.5. The molecule has 1 aromatic carbocycles. The Morgan fingerprint density at radius 3 is 2.85 bits per heavy atom. The molecule has 0 radical (unpaired) electrons. The highest BCUT2D eigenvalue weighted by atomic mass is 32.2. The number of hydrogen-bond acceptors (Lipinski definition) is 4. The van der Waals surface area contributed by atoms with Crippen molar-refractivity contribution in [1.29, 1.82) is 0 Å². The first kappa shape index (κ1) is 15.0. The van der Waals surface area contributed by atoms with Crippen LogP contribution in [0.15, 0.2) is 18.2 Å². The highest BCUT2D eigenvalue weighted by Crippen LogP contribution is 2.29. The second kappa shape index (κ2) is 6.88. The maximum atomic E-state index is 12.4. The zero-order valence-electron chi connectivity index (χ0n) is 12.0. The van der Waals surface area contributed by atoms with Crippen molar-refractivity contribution in [2.24, 2.45) is 0 Å². The lowest BCUT2D eigenvalue weighted by Crippen LogP contribution is -2.43. The Bertz CT molecular complexity index is 479. The monoisotopic (exact) mass is 294 g/mol. The first-order valence-electron chi connectivity index (χ1n) is 6.93. The van der Waals surface area contributed by atoms with E-state index in [1.54, 1.807) is 25.3 Å². The summed E-state index contributed by atoms with van der Waals surface area (Å²) in [6.07, 6.45) is 6.74. The summed E-state index contributed by atoms with van der Waals surface area (Å²) in [6.45, 7) is 0. The molecule has 5 heteroatoms. The van der Waals surface area contributed by atoms with Crippen LogP contribution in [0.25, 0.3) is 0 Å². The standard InChI is InChI=1S/C15H22N2O2S/c1-19-12-8-5-6-10(14(12)16)15(18)17-11-7-3-4-9-13(11)20-2/h5-6,8,11,13H,3-4,7,9,16H2,1-2H3,(H,17,18). The Morgan fingerprint density at radius 2 is 2.15 bits per heavy atom. The molecule has 3 N–H and O–H groups in total. The van der Waals surface area contributed by atoms with E-state index in [1.807, 2.05) is 11.8 Å². The number of thioether (sulfide) groups is 1. The van der Waals surface area contributed by atoms with Gasteiger partial charge in [-0.3, -0.25) is 4.79 Å². The van der Waals surface area contributed by atoms with E-state index in [1.165, 1.54) is 19.3 Å². The molecule has 1 aliphatic carbocycles. The molecule has 0 heterocycles. The minimum atomic E-state index is -0.104. The number of nitrogen functional groups attached to an aromatic ring is 1.